The van der Waals surface area contributed by atoms with Crippen LogP contribution in [-0.4, -0.2) is 80.1 Å². The highest BCUT2D eigenvalue weighted by atomic mass is 16.3. The molecule has 3 aliphatic rings. The predicted molar refractivity (Wildman–Crippen MR) is 124 cm³/mol. The summed E-state index contributed by atoms with van der Waals surface area (Å²) in [5.74, 6) is -8.97. The third-order valence-corrected chi connectivity index (χ3v) is 7.48. The van der Waals surface area contributed by atoms with Crippen molar-refractivity contribution in [1.29, 1.82) is 0 Å². The molecular formula is C25H26N2O9. The standard InChI is InChI=1S/C25H26N2O9/c1-8(28)11-7-12(9(2)29)19(30)16-13(11)5-10-6-14-18(27(3)4)21(32)17(24(26)35)23(34)25(14,36)22(33)15(10)20(16)31/h7,10,14,18,30-31,34,36H,5-6H2,1-4H3,(H2,26,35)/t10-,14+,18+,25-/m0/s1. The lowest BCUT2D eigenvalue weighted by Crippen LogP contribution is -2.65. The van der Waals surface area contributed by atoms with E-state index in [9.17, 15) is 44.4 Å². The van der Waals surface area contributed by atoms with Gasteiger partial charge in [-0.2, -0.15) is 0 Å². The number of aromatic hydroxyl groups is 1. The van der Waals surface area contributed by atoms with E-state index in [0.29, 0.717) is 0 Å². The Balaban J connectivity index is 2.04. The maximum atomic E-state index is 13.8. The van der Waals surface area contributed by atoms with Crippen LogP contribution in [0.2, 0.25) is 0 Å². The fraction of sp³-hybridized carbons (Fsp3) is 0.400. The van der Waals surface area contributed by atoms with Crippen molar-refractivity contribution >= 4 is 34.8 Å². The fourth-order valence-electron chi connectivity index (χ4n) is 5.89. The molecular weight excluding hydrogens is 472 g/mol. The number of primary amides is 1. The van der Waals surface area contributed by atoms with E-state index in [4.69, 9.17) is 5.73 Å². The Bertz CT molecular complexity index is 1350. The lowest BCUT2D eigenvalue weighted by atomic mass is 9.57. The summed E-state index contributed by atoms with van der Waals surface area (Å²) in [6.45, 7) is 2.42. The number of Topliss-reactive ketones (excluding diaryl/α,β-unsaturated/α-hetero) is 4. The minimum atomic E-state index is -2.76. The van der Waals surface area contributed by atoms with E-state index in [0.717, 1.165) is 6.92 Å². The number of phenolic OH excluding ortho intramolecular Hbond substituents is 1. The summed E-state index contributed by atoms with van der Waals surface area (Å²) < 4.78 is 0. The Hall–Kier alpha value is -3.83. The SMILES string of the molecule is CC(=O)c1cc(C(C)=O)c2c(c1O)C(O)=C1C(=O)[C@]3(O)C(O)=C(C(N)=O)C(=O)[C@H](N(C)C)[C@H]3C[C@@H]1C2. The maximum absolute atomic E-state index is 13.8. The second-order valence-corrected chi connectivity index (χ2v) is 9.75. The average Bonchev–Trinajstić information content (AvgIpc) is 2.75. The highest BCUT2D eigenvalue weighted by Gasteiger charge is 2.64. The summed E-state index contributed by atoms with van der Waals surface area (Å²) in [5, 5.41) is 44.4. The first-order chi connectivity index (χ1) is 16.7. The number of fused-ring (bicyclic) bond motifs is 3. The van der Waals surface area contributed by atoms with Crippen LogP contribution in [0.5, 0.6) is 5.75 Å². The first-order valence-electron chi connectivity index (χ1n) is 11.2. The van der Waals surface area contributed by atoms with Gasteiger partial charge in [0.25, 0.3) is 5.91 Å². The van der Waals surface area contributed by atoms with E-state index in [1.54, 1.807) is 0 Å². The molecule has 1 amide bonds. The summed E-state index contributed by atoms with van der Waals surface area (Å²) in [5.41, 5.74) is 1.04. The molecule has 1 fully saturated rings. The van der Waals surface area contributed by atoms with Crippen LogP contribution < -0.4 is 5.73 Å². The second kappa shape index (κ2) is 8.10. The van der Waals surface area contributed by atoms with Crippen molar-refractivity contribution in [2.75, 3.05) is 14.1 Å². The van der Waals surface area contributed by atoms with Crippen LogP contribution in [0, 0.1) is 11.8 Å². The zero-order valence-corrected chi connectivity index (χ0v) is 20.1. The van der Waals surface area contributed by atoms with Gasteiger partial charge in [-0.15, -0.1) is 0 Å². The smallest absolute Gasteiger partial charge is 0.255 e. The number of aliphatic hydroxyl groups is 3. The van der Waals surface area contributed by atoms with Gasteiger partial charge in [-0.1, -0.05) is 0 Å². The number of benzene rings is 1. The van der Waals surface area contributed by atoms with Crippen molar-refractivity contribution in [3.63, 3.8) is 0 Å². The summed E-state index contributed by atoms with van der Waals surface area (Å²) in [6, 6.07) is 0.0293. The van der Waals surface area contributed by atoms with Crippen LogP contribution in [0.15, 0.2) is 23.0 Å². The third kappa shape index (κ3) is 3.16. The van der Waals surface area contributed by atoms with Crippen LogP contribution >= 0.6 is 0 Å². The van der Waals surface area contributed by atoms with Gasteiger partial charge in [-0.25, -0.2) is 0 Å². The normalized spacial score (nSPS) is 27.6. The first kappa shape index (κ1) is 25.3. The molecule has 6 N–H and O–H groups in total. The molecule has 0 aromatic heterocycles. The summed E-state index contributed by atoms with van der Waals surface area (Å²) in [4.78, 5) is 64.8. The number of nitrogens with zero attached hydrogens (tertiary/aromatic N) is 1. The molecule has 11 nitrogen and oxygen atoms in total. The van der Waals surface area contributed by atoms with Crippen molar-refractivity contribution < 1.29 is 44.4 Å². The van der Waals surface area contributed by atoms with Gasteiger partial charge in [0, 0.05) is 17.1 Å². The van der Waals surface area contributed by atoms with E-state index in [1.807, 2.05) is 0 Å². The third-order valence-electron chi connectivity index (χ3n) is 7.48. The van der Waals surface area contributed by atoms with Crippen LogP contribution in [0.4, 0.5) is 0 Å². The average molecular weight is 498 g/mol. The lowest BCUT2D eigenvalue weighted by molar-refractivity contribution is -0.153. The first-order valence-corrected chi connectivity index (χ1v) is 11.2. The number of amides is 1. The van der Waals surface area contributed by atoms with Crippen molar-refractivity contribution in [1.82, 2.24) is 4.90 Å². The molecule has 1 aromatic carbocycles. The molecule has 11 heteroatoms. The monoisotopic (exact) mass is 498 g/mol. The van der Waals surface area contributed by atoms with Gasteiger partial charge in [-0.05, 0) is 58.3 Å². The molecule has 0 bridgehead atoms. The Labute approximate surface area is 205 Å². The maximum Gasteiger partial charge on any atom is 0.255 e. The zero-order valence-electron chi connectivity index (χ0n) is 20.1. The number of aliphatic hydroxyl groups excluding tert-OH is 2. The number of likely N-dealkylation sites (N-methyl/N-ethyl adjacent to an activating group) is 1. The topological polar surface area (TPSA) is 196 Å². The van der Waals surface area contributed by atoms with Crippen LogP contribution in [-0.2, 0) is 20.8 Å². The van der Waals surface area contributed by atoms with E-state index in [1.165, 1.54) is 32.0 Å². The molecule has 0 unspecified atom stereocenters. The Morgan fingerprint density at radius 2 is 1.64 bits per heavy atom. The van der Waals surface area contributed by atoms with Gasteiger partial charge in [0.2, 0.25) is 5.78 Å². The van der Waals surface area contributed by atoms with E-state index in [-0.39, 0.29) is 40.7 Å². The molecule has 1 saturated carbocycles. The number of rotatable bonds is 4. The quantitative estimate of drug-likeness (QED) is 0.286. The van der Waals surface area contributed by atoms with Crippen LogP contribution in [0.1, 0.15) is 52.1 Å². The molecule has 190 valence electrons. The van der Waals surface area contributed by atoms with Gasteiger partial charge >= 0.3 is 0 Å². The number of hydrogen-bond acceptors (Lipinski definition) is 10. The fourth-order valence-corrected chi connectivity index (χ4v) is 5.89. The van der Waals surface area contributed by atoms with Gasteiger partial charge < -0.3 is 26.2 Å². The second-order valence-electron chi connectivity index (χ2n) is 9.75. The number of carbonyl (C=O) groups excluding carboxylic acids is 5. The molecule has 0 aliphatic heterocycles. The van der Waals surface area contributed by atoms with Crippen LogP contribution in [0.3, 0.4) is 0 Å². The minimum absolute atomic E-state index is 0.0325. The van der Waals surface area contributed by atoms with Gasteiger partial charge in [0.05, 0.1) is 17.2 Å². The van der Waals surface area contributed by atoms with Crippen molar-refractivity contribution in [2.45, 2.75) is 38.3 Å². The number of phenols is 1. The highest BCUT2D eigenvalue weighted by molar-refractivity contribution is 6.24. The Morgan fingerprint density at radius 3 is 2.14 bits per heavy atom. The van der Waals surface area contributed by atoms with E-state index < -0.39 is 75.4 Å². The van der Waals surface area contributed by atoms with Crippen molar-refractivity contribution in [3.8, 4) is 5.75 Å². The Kier molecular flexibility index (Phi) is 5.69. The summed E-state index contributed by atoms with van der Waals surface area (Å²) in [7, 11) is 3.01. The van der Waals surface area contributed by atoms with E-state index >= 15 is 0 Å². The molecule has 4 rings (SSSR count). The van der Waals surface area contributed by atoms with E-state index in [2.05, 4.69) is 0 Å². The summed E-state index contributed by atoms with van der Waals surface area (Å²) in [6.07, 6.45) is -0.131. The number of ketones is 4. The highest BCUT2D eigenvalue weighted by Crippen LogP contribution is 2.53. The van der Waals surface area contributed by atoms with Crippen molar-refractivity contribution in [2.24, 2.45) is 17.6 Å². The lowest BCUT2D eigenvalue weighted by Gasteiger charge is -2.50. The van der Waals surface area contributed by atoms with Gasteiger partial charge in [0.15, 0.2) is 23.0 Å². The Morgan fingerprint density at radius 1 is 1.06 bits per heavy atom. The van der Waals surface area contributed by atoms with Crippen molar-refractivity contribution in [3.05, 3.63) is 45.2 Å². The molecule has 0 heterocycles. The number of hydrogen-bond donors (Lipinski definition) is 5. The van der Waals surface area contributed by atoms with Gasteiger partial charge in [0.1, 0.15) is 22.8 Å². The predicted octanol–water partition coefficient (Wildman–Crippen LogP) is 0.369. The molecule has 4 atom stereocenters. The molecule has 3 aliphatic carbocycles. The number of carbonyl (C=O) groups is 5. The molecule has 1 aromatic rings. The molecule has 36 heavy (non-hydrogen) atoms. The van der Waals surface area contributed by atoms with Crippen LogP contribution in [0.25, 0.3) is 5.76 Å². The van der Waals surface area contributed by atoms with Gasteiger partial charge in [-0.3, -0.25) is 28.9 Å². The molecule has 0 spiro atoms. The largest absolute Gasteiger partial charge is 0.508 e. The summed E-state index contributed by atoms with van der Waals surface area (Å²) >= 11 is 0. The molecule has 0 saturated heterocycles. The minimum Gasteiger partial charge on any atom is -0.508 e. The zero-order chi connectivity index (χ0) is 27.0. The number of nitrogens with two attached hydrogens (primary N) is 1. The molecule has 0 radical (unpaired) electrons.